The number of amides is 1. The van der Waals surface area contributed by atoms with Crippen molar-refractivity contribution in [2.75, 3.05) is 5.32 Å². The lowest BCUT2D eigenvalue weighted by atomic mass is 10.0. The van der Waals surface area contributed by atoms with E-state index < -0.39 is 10.8 Å². The number of nitro benzene ring substituents is 1. The van der Waals surface area contributed by atoms with Crippen LogP contribution in [0.2, 0.25) is 0 Å². The molecule has 10 nitrogen and oxygen atoms in total. The Balaban J connectivity index is 1.27. The lowest BCUT2D eigenvalue weighted by molar-refractivity contribution is -0.384. The number of aromatic nitrogens is 1. The predicted octanol–water partition coefficient (Wildman–Crippen LogP) is 6.62. The molecule has 39 heavy (non-hydrogen) atoms. The maximum Gasteiger partial charge on any atom is 0.293 e. The van der Waals surface area contributed by atoms with E-state index in [9.17, 15) is 20.0 Å². The highest BCUT2D eigenvalue weighted by atomic mass is 32.1. The number of oxazole rings is 1. The van der Waals surface area contributed by atoms with Crippen LogP contribution < -0.4 is 10.6 Å². The number of aromatic hydroxyl groups is 1. The highest BCUT2D eigenvalue weighted by Gasteiger charge is 2.20. The number of carbonyl (C=O) groups is 1. The molecule has 3 aromatic carbocycles. The number of phenolic OH excluding ortho intramolecular Hbond substituents is 1. The summed E-state index contributed by atoms with van der Waals surface area (Å²) >= 11 is 5.23. The molecule has 3 N–H and O–H groups in total. The number of hydrogen-bond acceptors (Lipinski definition) is 8. The van der Waals surface area contributed by atoms with Crippen molar-refractivity contribution in [3.8, 4) is 28.5 Å². The molecule has 5 rings (SSSR count). The summed E-state index contributed by atoms with van der Waals surface area (Å²) in [6, 6.07) is 19.5. The van der Waals surface area contributed by atoms with Crippen LogP contribution in [0, 0.1) is 10.1 Å². The Morgan fingerprint density at radius 1 is 1.03 bits per heavy atom. The van der Waals surface area contributed by atoms with Crippen LogP contribution in [0.15, 0.2) is 81.6 Å². The minimum Gasteiger partial charge on any atom is -0.507 e. The molecule has 0 aliphatic carbocycles. The van der Waals surface area contributed by atoms with E-state index in [1.165, 1.54) is 30.3 Å². The smallest absolute Gasteiger partial charge is 0.293 e. The van der Waals surface area contributed by atoms with E-state index in [2.05, 4.69) is 29.5 Å². The van der Waals surface area contributed by atoms with Gasteiger partial charge in [-0.3, -0.25) is 20.2 Å². The molecular formula is C28H22N4O6S. The van der Waals surface area contributed by atoms with Gasteiger partial charge in [0.2, 0.25) is 5.89 Å². The Morgan fingerprint density at radius 2 is 1.82 bits per heavy atom. The number of hydrogen-bond donors (Lipinski definition) is 3. The number of thiocarbonyl (C=S) groups is 1. The third kappa shape index (κ3) is 5.34. The number of nitrogens with one attached hydrogen (secondary N) is 2. The van der Waals surface area contributed by atoms with Crippen molar-refractivity contribution in [3.05, 3.63) is 94.2 Å². The van der Waals surface area contributed by atoms with E-state index in [1.807, 2.05) is 18.2 Å². The molecule has 1 amide bonds. The second-order valence-electron chi connectivity index (χ2n) is 8.98. The van der Waals surface area contributed by atoms with Gasteiger partial charge in [-0.25, -0.2) is 4.98 Å². The Kier molecular flexibility index (Phi) is 6.82. The Labute approximate surface area is 227 Å². The van der Waals surface area contributed by atoms with Gasteiger partial charge < -0.3 is 19.3 Å². The molecule has 0 spiro atoms. The van der Waals surface area contributed by atoms with Crippen molar-refractivity contribution in [1.82, 2.24) is 10.3 Å². The van der Waals surface area contributed by atoms with E-state index in [-0.39, 0.29) is 39.5 Å². The molecule has 0 bridgehead atoms. The average Bonchev–Trinajstić information content (AvgIpc) is 3.56. The van der Waals surface area contributed by atoms with E-state index in [1.54, 1.807) is 24.3 Å². The van der Waals surface area contributed by atoms with Gasteiger partial charge in [0.25, 0.3) is 11.6 Å². The summed E-state index contributed by atoms with van der Waals surface area (Å²) in [5, 5.41) is 27.2. The van der Waals surface area contributed by atoms with Crippen LogP contribution >= 0.6 is 12.2 Å². The monoisotopic (exact) mass is 542 g/mol. The number of benzene rings is 3. The predicted molar refractivity (Wildman–Crippen MR) is 150 cm³/mol. The topological polar surface area (TPSA) is 144 Å². The van der Waals surface area contributed by atoms with Crippen LogP contribution in [0.25, 0.3) is 33.9 Å². The van der Waals surface area contributed by atoms with Gasteiger partial charge >= 0.3 is 0 Å². The summed E-state index contributed by atoms with van der Waals surface area (Å²) in [5.41, 5.74) is 3.37. The number of nitrogens with zero attached hydrogens (tertiary/aromatic N) is 2. The zero-order chi connectivity index (χ0) is 27.7. The maximum atomic E-state index is 12.6. The van der Waals surface area contributed by atoms with Gasteiger partial charge in [-0.2, -0.15) is 0 Å². The van der Waals surface area contributed by atoms with Gasteiger partial charge in [-0.15, -0.1) is 0 Å². The molecule has 2 aromatic heterocycles. The van der Waals surface area contributed by atoms with Gasteiger partial charge in [-0.1, -0.05) is 32.0 Å². The second-order valence-corrected chi connectivity index (χ2v) is 9.39. The summed E-state index contributed by atoms with van der Waals surface area (Å²) < 4.78 is 11.4. The van der Waals surface area contributed by atoms with Crippen molar-refractivity contribution in [3.63, 3.8) is 0 Å². The normalized spacial score (nSPS) is 11.1. The first-order valence-corrected chi connectivity index (χ1v) is 12.3. The van der Waals surface area contributed by atoms with E-state index in [0.717, 1.165) is 5.56 Å². The van der Waals surface area contributed by atoms with E-state index in [0.29, 0.717) is 28.3 Å². The number of fused-ring (bicyclic) bond motifs is 1. The highest BCUT2D eigenvalue weighted by Crippen LogP contribution is 2.34. The van der Waals surface area contributed by atoms with Crippen LogP contribution in [0.3, 0.4) is 0 Å². The minimum atomic E-state index is -0.648. The third-order valence-electron chi connectivity index (χ3n) is 5.99. The minimum absolute atomic E-state index is 0.0427. The summed E-state index contributed by atoms with van der Waals surface area (Å²) in [4.78, 5) is 27.9. The SMILES string of the molecule is CC(C)c1ccc2oc(-c3ccc(NC(=S)NC(=O)c4ccc(-c5ccccc5[N+](=O)[O-])o4)cc3O)nc2c1. The summed E-state index contributed by atoms with van der Waals surface area (Å²) in [5.74, 6) is -0.0280. The summed E-state index contributed by atoms with van der Waals surface area (Å²) in [7, 11) is 0. The molecule has 2 heterocycles. The number of phenols is 1. The fourth-order valence-corrected chi connectivity index (χ4v) is 4.19. The number of anilines is 1. The first kappa shape index (κ1) is 25.6. The second kappa shape index (κ2) is 10.4. The van der Waals surface area contributed by atoms with Crippen LogP contribution in [0.5, 0.6) is 5.75 Å². The average molecular weight is 543 g/mol. The number of carbonyl (C=O) groups excluding carboxylic acids is 1. The number of para-hydroxylation sites is 1. The van der Waals surface area contributed by atoms with Crippen molar-refractivity contribution < 1.29 is 23.7 Å². The molecule has 11 heteroatoms. The lowest BCUT2D eigenvalue weighted by Gasteiger charge is -2.10. The van der Waals surface area contributed by atoms with Crippen molar-refractivity contribution in [2.24, 2.45) is 0 Å². The van der Waals surface area contributed by atoms with E-state index >= 15 is 0 Å². The van der Waals surface area contributed by atoms with Gasteiger partial charge in [-0.05, 0) is 66.2 Å². The quantitative estimate of drug-likeness (QED) is 0.122. The maximum absolute atomic E-state index is 12.6. The molecule has 0 saturated heterocycles. The molecule has 196 valence electrons. The molecule has 0 fully saturated rings. The van der Waals surface area contributed by atoms with Crippen molar-refractivity contribution in [2.45, 2.75) is 19.8 Å². The van der Waals surface area contributed by atoms with Crippen molar-refractivity contribution >= 4 is 45.7 Å². The van der Waals surface area contributed by atoms with Gasteiger partial charge in [0.1, 0.15) is 17.0 Å². The first-order valence-electron chi connectivity index (χ1n) is 11.9. The van der Waals surface area contributed by atoms with Crippen LogP contribution in [0.1, 0.15) is 35.9 Å². The number of rotatable bonds is 6. The first-order chi connectivity index (χ1) is 18.7. The van der Waals surface area contributed by atoms with Crippen LogP contribution in [-0.4, -0.2) is 26.0 Å². The molecule has 0 radical (unpaired) electrons. The van der Waals surface area contributed by atoms with Crippen LogP contribution in [-0.2, 0) is 0 Å². The molecule has 5 aromatic rings. The highest BCUT2D eigenvalue weighted by molar-refractivity contribution is 7.80. The van der Waals surface area contributed by atoms with Gasteiger partial charge in [0.05, 0.1) is 16.1 Å². The largest absolute Gasteiger partial charge is 0.507 e. The molecule has 0 saturated carbocycles. The number of nitro groups is 1. The summed E-state index contributed by atoms with van der Waals surface area (Å²) in [6.07, 6.45) is 0. The third-order valence-corrected chi connectivity index (χ3v) is 6.19. The Hall–Kier alpha value is -5.03. The zero-order valence-electron chi connectivity index (χ0n) is 20.8. The van der Waals surface area contributed by atoms with Gasteiger partial charge in [0.15, 0.2) is 16.5 Å². The fourth-order valence-electron chi connectivity index (χ4n) is 3.98. The number of furan rings is 1. The Bertz CT molecular complexity index is 1740. The molecule has 0 aliphatic rings. The van der Waals surface area contributed by atoms with Crippen molar-refractivity contribution in [1.29, 1.82) is 0 Å². The molecule has 0 unspecified atom stereocenters. The standard InChI is InChI=1S/C28H22N4O6S/c1-15(2)16-7-10-24-20(13-16)30-27(38-24)19-9-8-17(14-22(19)33)29-28(39)31-26(34)25-12-11-23(37-25)18-5-3-4-6-21(18)32(35)36/h3-15,33H,1-2H3,(H2,29,31,34,39). The zero-order valence-corrected chi connectivity index (χ0v) is 21.6. The Morgan fingerprint density at radius 3 is 2.56 bits per heavy atom. The summed E-state index contributed by atoms with van der Waals surface area (Å²) in [6.45, 7) is 4.19. The lowest BCUT2D eigenvalue weighted by Crippen LogP contribution is -2.33. The fraction of sp³-hybridized carbons (Fsp3) is 0.107. The molecule has 0 atom stereocenters. The van der Waals surface area contributed by atoms with Crippen LogP contribution in [0.4, 0.5) is 11.4 Å². The molecule has 0 aliphatic heterocycles. The van der Waals surface area contributed by atoms with E-state index in [4.69, 9.17) is 21.1 Å². The van der Waals surface area contributed by atoms with Gasteiger partial charge in [0, 0.05) is 17.8 Å². The molecular weight excluding hydrogens is 520 g/mol.